The number of nitrogens with two attached hydrogens (primary N) is 1. The van der Waals surface area contributed by atoms with E-state index >= 15 is 0 Å². The Balaban J connectivity index is 2.08. The molecule has 0 aliphatic heterocycles. The van der Waals surface area contributed by atoms with Crippen LogP contribution in [-0.4, -0.2) is 21.9 Å². The third-order valence-corrected chi connectivity index (χ3v) is 5.58. The van der Waals surface area contributed by atoms with Crippen molar-refractivity contribution in [2.45, 2.75) is 6.92 Å². The maximum Gasteiger partial charge on any atom is 0.356 e. The number of nitro groups is 1. The second-order valence-corrected chi connectivity index (χ2v) is 6.87. The fourth-order valence-electron chi connectivity index (χ4n) is 3.23. The lowest BCUT2D eigenvalue weighted by atomic mass is 10.1. The molecule has 2 N–H and O–H groups in total. The van der Waals surface area contributed by atoms with Crippen LogP contribution in [0.3, 0.4) is 0 Å². The number of nitro benzene ring substituents is 1. The van der Waals surface area contributed by atoms with Crippen LogP contribution in [0.1, 0.15) is 17.4 Å². The fourth-order valence-corrected chi connectivity index (χ4v) is 4.53. The van der Waals surface area contributed by atoms with E-state index < -0.39 is 10.9 Å². The molecule has 0 spiro atoms. The number of hydrogen-bond donors (Lipinski definition) is 1. The number of pyridine rings is 1. The van der Waals surface area contributed by atoms with Gasteiger partial charge in [-0.2, -0.15) is 0 Å². The van der Waals surface area contributed by atoms with Crippen molar-refractivity contribution in [1.82, 2.24) is 4.40 Å². The van der Waals surface area contributed by atoms with E-state index in [4.69, 9.17) is 10.5 Å². The lowest BCUT2D eigenvalue weighted by Gasteiger charge is -2.04. The number of fused-ring (bicyclic) bond motifs is 3. The van der Waals surface area contributed by atoms with Crippen molar-refractivity contribution >= 4 is 44.3 Å². The van der Waals surface area contributed by atoms with Gasteiger partial charge in [0.1, 0.15) is 5.69 Å². The molecule has 0 saturated heterocycles. The van der Waals surface area contributed by atoms with E-state index in [1.54, 1.807) is 35.7 Å². The van der Waals surface area contributed by atoms with Crippen LogP contribution in [0.4, 0.5) is 11.4 Å². The molecule has 136 valence electrons. The average Bonchev–Trinajstić information content (AvgIpc) is 3.16. The Morgan fingerprint density at radius 1 is 1.26 bits per heavy atom. The second kappa shape index (κ2) is 6.40. The number of rotatable bonds is 4. The number of carbonyl (C=O) groups is 1. The number of nitrogens with zero attached hydrogens (tertiary/aromatic N) is 2. The third kappa shape index (κ3) is 2.53. The summed E-state index contributed by atoms with van der Waals surface area (Å²) in [5.41, 5.74) is 8.38. The van der Waals surface area contributed by atoms with Crippen LogP contribution >= 0.6 is 11.3 Å². The molecule has 3 aromatic heterocycles. The summed E-state index contributed by atoms with van der Waals surface area (Å²) in [6.07, 6.45) is 1.78. The SMILES string of the molecule is CCOC(=O)c1c2sc(-c3ccccc3[N+](=O)[O-])c(N)c2c2ccccn12. The fraction of sp³-hybridized carbons (Fsp3) is 0.105. The van der Waals surface area contributed by atoms with Crippen molar-refractivity contribution in [1.29, 1.82) is 0 Å². The van der Waals surface area contributed by atoms with Crippen LogP contribution in [0.2, 0.25) is 0 Å². The van der Waals surface area contributed by atoms with Gasteiger partial charge in [-0.1, -0.05) is 18.2 Å². The van der Waals surface area contributed by atoms with Crippen LogP contribution < -0.4 is 5.73 Å². The first-order valence-corrected chi connectivity index (χ1v) is 9.08. The van der Waals surface area contributed by atoms with Crippen molar-refractivity contribution < 1.29 is 14.5 Å². The smallest absolute Gasteiger partial charge is 0.356 e. The summed E-state index contributed by atoms with van der Waals surface area (Å²) in [7, 11) is 0. The van der Waals surface area contributed by atoms with Gasteiger partial charge in [-0.15, -0.1) is 11.3 Å². The largest absolute Gasteiger partial charge is 0.461 e. The molecule has 3 heterocycles. The summed E-state index contributed by atoms with van der Waals surface area (Å²) < 4.78 is 7.62. The number of aromatic nitrogens is 1. The molecule has 7 nitrogen and oxygen atoms in total. The normalized spacial score (nSPS) is 11.1. The predicted octanol–water partition coefficient (Wildman–Crippen LogP) is 4.49. The first-order chi connectivity index (χ1) is 13.0. The Kier molecular flexibility index (Phi) is 4.04. The van der Waals surface area contributed by atoms with Gasteiger partial charge in [0.2, 0.25) is 0 Å². The topological polar surface area (TPSA) is 99.9 Å². The minimum atomic E-state index is -0.455. The number of para-hydroxylation sites is 1. The lowest BCUT2D eigenvalue weighted by molar-refractivity contribution is -0.384. The van der Waals surface area contributed by atoms with Crippen molar-refractivity contribution in [2.24, 2.45) is 0 Å². The molecule has 1 aromatic carbocycles. The molecule has 0 fully saturated rings. The zero-order valence-corrected chi connectivity index (χ0v) is 15.2. The molecular weight excluding hydrogens is 366 g/mol. The molecule has 0 saturated carbocycles. The maximum absolute atomic E-state index is 12.6. The Bertz CT molecular complexity index is 1210. The van der Waals surface area contributed by atoms with Gasteiger partial charge in [-0.25, -0.2) is 4.79 Å². The van der Waals surface area contributed by atoms with Crippen molar-refractivity contribution in [2.75, 3.05) is 12.3 Å². The van der Waals surface area contributed by atoms with E-state index in [0.29, 0.717) is 31.9 Å². The maximum atomic E-state index is 12.6. The average molecular weight is 381 g/mol. The first kappa shape index (κ1) is 17.0. The first-order valence-electron chi connectivity index (χ1n) is 8.26. The standard InChI is InChI=1S/C19H15N3O4S/c1-2-26-19(23)16-18-14(13-9-5-6-10-21(13)16)15(20)17(27-18)11-7-3-4-8-12(11)22(24)25/h3-10H,2,20H2,1H3. The Morgan fingerprint density at radius 2 is 2.00 bits per heavy atom. The summed E-state index contributed by atoms with van der Waals surface area (Å²) >= 11 is 1.26. The number of anilines is 1. The van der Waals surface area contributed by atoms with Gasteiger partial charge >= 0.3 is 5.97 Å². The van der Waals surface area contributed by atoms with E-state index in [1.165, 1.54) is 17.4 Å². The highest BCUT2D eigenvalue weighted by Gasteiger charge is 2.27. The highest BCUT2D eigenvalue weighted by atomic mass is 32.1. The highest BCUT2D eigenvalue weighted by molar-refractivity contribution is 7.23. The molecular formula is C19H15N3O4S. The molecule has 0 amide bonds. The minimum absolute atomic E-state index is 0.0252. The molecule has 4 rings (SSSR count). The van der Waals surface area contributed by atoms with Crippen LogP contribution in [0, 0.1) is 10.1 Å². The van der Waals surface area contributed by atoms with Gasteiger partial charge in [-0.05, 0) is 25.1 Å². The molecule has 0 atom stereocenters. The number of nitrogen functional groups attached to an aromatic ring is 1. The van der Waals surface area contributed by atoms with E-state index in [0.717, 1.165) is 5.52 Å². The molecule has 0 unspecified atom stereocenters. The van der Waals surface area contributed by atoms with E-state index in [1.807, 2.05) is 18.2 Å². The molecule has 0 radical (unpaired) electrons. The van der Waals surface area contributed by atoms with Crippen LogP contribution in [0.25, 0.3) is 26.0 Å². The number of carbonyl (C=O) groups excluding carboxylic acids is 1. The Hall–Kier alpha value is -3.39. The van der Waals surface area contributed by atoms with Crippen LogP contribution in [0.15, 0.2) is 48.7 Å². The quantitative estimate of drug-likeness (QED) is 0.319. The summed E-state index contributed by atoms with van der Waals surface area (Å²) in [5.74, 6) is -0.455. The summed E-state index contributed by atoms with van der Waals surface area (Å²) in [4.78, 5) is 24.1. The van der Waals surface area contributed by atoms with Gasteiger partial charge in [0.05, 0.1) is 37.9 Å². The van der Waals surface area contributed by atoms with Gasteiger partial charge in [0.25, 0.3) is 5.69 Å². The highest BCUT2D eigenvalue weighted by Crippen LogP contribution is 2.47. The summed E-state index contributed by atoms with van der Waals surface area (Å²) in [6.45, 7) is 1.99. The van der Waals surface area contributed by atoms with Gasteiger partial charge < -0.3 is 14.9 Å². The van der Waals surface area contributed by atoms with Gasteiger partial charge in [-0.3, -0.25) is 10.1 Å². The summed E-state index contributed by atoms with van der Waals surface area (Å²) in [5, 5.41) is 12.1. The van der Waals surface area contributed by atoms with Crippen molar-refractivity contribution in [3.63, 3.8) is 0 Å². The number of benzene rings is 1. The van der Waals surface area contributed by atoms with Gasteiger partial charge in [0, 0.05) is 17.6 Å². The van der Waals surface area contributed by atoms with Gasteiger partial charge in [0.15, 0.2) is 0 Å². The molecule has 0 aliphatic carbocycles. The Labute approximate surface area is 157 Å². The van der Waals surface area contributed by atoms with Crippen molar-refractivity contribution in [3.8, 4) is 10.4 Å². The molecule has 8 heteroatoms. The predicted molar refractivity (Wildman–Crippen MR) is 105 cm³/mol. The molecule has 27 heavy (non-hydrogen) atoms. The van der Waals surface area contributed by atoms with Crippen LogP contribution in [-0.2, 0) is 4.74 Å². The zero-order chi connectivity index (χ0) is 19.1. The second-order valence-electron chi connectivity index (χ2n) is 5.85. The van der Waals surface area contributed by atoms with E-state index in [-0.39, 0.29) is 12.3 Å². The molecule has 0 bridgehead atoms. The molecule has 0 aliphatic rings. The van der Waals surface area contributed by atoms with E-state index in [2.05, 4.69) is 0 Å². The number of ether oxygens (including phenoxy) is 1. The van der Waals surface area contributed by atoms with E-state index in [9.17, 15) is 14.9 Å². The number of hydrogen-bond acceptors (Lipinski definition) is 6. The third-order valence-electron chi connectivity index (χ3n) is 4.33. The summed E-state index contributed by atoms with van der Waals surface area (Å²) in [6, 6.07) is 12.0. The monoisotopic (exact) mass is 381 g/mol. The number of thiophene rings is 1. The Morgan fingerprint density at radius 3 is 2.74 bits per heavy atom. The molecule has 4 aromatic rings. The van der Waals surface area contributed by atoms with Crippen molar-refractivity contribution in [3.05, 3.63) is 64.5 Å². The van der Waals surface area contributed by atoms with Crippen LogP contribution in [0.5, 0.6) is 0 Å². The lowest BCUT2D eigenvalue weighted by Crippen LogP contribution is -2.07. The number of esters is 1. The minimum Gasteiger partial charge on any atom is -0.461 e. The zero-order valence-electron chi connectivity index (χ0n) is 14.3.